The largest absolute Gasteiger partial charge is 0.331 e. The molecule has 1 aliphatic heterocycles. The highest BCUT2D eigenvalue weighted by Crippen LogP contribution is 2.23. The predicted octanol–water partition coefficient (Wildman–Crippen LogP) is 1.51. The quantitative estimate of drug-likeness (QED) is 0.755. The van der Waals surface area contributed by atoms with E-state index in [1.807, 2.05) is 24.3 Å². The molecule has 0 radical (unpaired) electrons. The molecule has 1 aromatic carbocycles. The van der Waals surface area contributed by atoms with Gasteiger partial charge >= 0.3 is 6.03 Å². The Bertz CT molecular complexity index is 485. The highest BCUT2D eigenvalue weighted by Gasteiger charge is 2.30. The van der Waals surface area contributed by atoms with E-state index in [4.69, 9.17) is 0 Å². The van der Waals surface area contributed by atoms with Crippen molar-refractivity contribution in [3.63, 3.8) is 0 Å². The molecular weight excluding hydrogens is 230 g/mol. The van der Waals surface area contributed by atoms with Crippen molar-refractivity contribution in [3.05, 3.63) is 29.8 Å². The van der Waals surface area contributed by atoms with Crippen LogP contribution in [0, 0.1) is 0 Å². The molecule has 1 heterocycles. The number of anilines is 1. The van der Waals surface area contributed by atoms with Gasteiger partial charge in [0.2, 0.25) is 5.91 Å². The first-order valence-electron chi connectivity index (χ1n) is 5.87. The van der Waals surface area contributed by atoms with E-state index in [1.165, 1.54) is 4.90 Å². The maximum absolute atomic E-state index is 12.1. The zero-order valence-corrected chi connectivity index (χ0v) is 10.8. The van der Waals surface area contributed by atoms with Gasteiger partial charge in [-0.3, -0.25) is 4.79 Å². The molecule has 5 nitrogen and oxygen atoms in total. The summed E-state index contributed by atoms with van der Waals surface area (Å²) < 4.78 is 0. The number of hydrogen-bond acceptors (Lipinski definition) is 2. The van der Waals surface area contributed by atoms with Gasteiger partial charge in [0.05, 0.1) is 6.54 Å². The second-order valence-electron chi connectivity index (χ2n) is 4.63. The minimum Gasteiger partial charge on any atom is -0.331 e. The molecule has 1 atom stereocenters. The summed E-state index contributed by atoms with van der Waals surface area (Å²) >= 11 is 0. The summed E-state index contributed by atoms with van der Waals surface area (Å²) in [5.41, 5.74) is 1.73. The van der Waals surface area contributed by atoms with E-state index in [0.717, 1.165) is 11.3 Å². The molecule has 0 fully saturated rings. The van der Waals surface area contributed by atoms with Crippen LogP contribution in [-0.2, 0) is 11.3 Å². The topological polar surface area (TPSA) is 52.7 Å². The number of urea groups is 1. The molecule has 1 aromatic rings. The first-order valence-corrected chi connectivity index (χ1v) is 5.87. The van der Waals surface area contributed by atoms with Crippen molar-refractivity contribution in [2.24, 2.45) is 0 Å². The third-order valence-electron chi connectivity index (χ3n) is 3.09. The number of nitrogens with one attached hydrogen (secondary N) is 1. The summed E-state index contributed by atoms with van der Waals surface area (Å²) in [5.74, 6) is -0.157. The van der Waals surface area contributed by atoms with Crippen LogP contribution in [0.1, 0.15) is 12.5 Å². The fraction of sp³-hybridized carbons (Fsp3) is 0.385. The van der Waals surface area contributed by atoms with Crippen molar-refractivity contribution < 1.29 is 9.59 Å². The molecule has 0 saturated heterocycles. The molecule has 3 amide bonds. The van der Waals surface area contributed by atoms with Gasteiger partial charge in [-0.1, -0.05) is 18.2 Å². The Morgan fingerprint density at radius 3 is 2.72 bits per heavy atom. The molecule has 96 valence electrons. The maximum Gasteiger partial charge on any atom is 0.320 e. The highest BCUT2D eigenvalue weighted by atomic mass is 16.2. The Hall–Kier alpha value is -2.04. The molecule has 0 aliphatic carbocycles. The number of fused-ring (bicyclic) bond motifs is 1. The predicted molar refractivity (Wildman–Crippen MR) is 69.2 cm³/mol. The molecular formula is C13H17N3O2. The number of hydrogen-bond donors (Lipinski definition) is 1. The monoisotopic (exact) mass is 247 g/mol. The first kappa shape index (κ1) is 12.4. The van der Waals surface area contributed by atoms with Gasteiger partial charge in [0, 0.05) is 19.8 Å². The molecule has 0 spiro atoms. The van der Waals surface area contributed by atoms with Gasteiger partial charge in [-0.05, 0) is 18.6 Å². The molecule has 0 bridgehead atoms. The average molecular weight is 247 g/mol. The van der Waals surface area contributed by atoms with Crippen LogP contribution in [0.4, 0.5) is 10.5 Å². The fourth-order valence-corrected chi connectivity index (χ4v) is 1.97. The summed E-state index contributed by atoms with van der Waals surface area (Å²) in [7, 11) is 3.37. The van der Waals surface area contributed by atoms with Gasteiger partial charge in [0.25, 0.3) is 0 Å². The van der Waals surface area contributed by atoms with Gasteiger partial charge in [0.1, 0.15) is 6.04 Å². The van der Waals surface area contributed by atoms with E-state index in [0.29, 0.717) is 6.54 Å². The van der Waals surface area contributed by atoms with Crippen LogP contribution in [0.2, 0.25) is 0 Å². The number of nitrogens with zero attached hydrogens (tertiary/aromatic N) is 2. The molecule has 1 unspecified atom stereocenters. The van der Waals surface area contributed by atoms with Crippen molar-refractivity contribution >= 4 is 17.6 Å². The minimum atomic E-state index is -0.479. The van der Waals surface area contributed by atoms with E-state index < -0.39 is 6.04 Å². The summed E-state index contributed by atoms with van der Waals surface area (Å²) in [6.45, 7) is 2.18. The van der Waals surface area contributed by atoms with Crippen molar-refractivity contribution in [3.8, 4) is 0 Å². The molecule has 1 aliphatic rings. The summed E-state index contributed by atoms with van der Waals surface area (Å²) in [4.78, 5) is 27.1. The van der Waals surface area contributed by atoms with Crippen molar-refractivity contribution in [1.29, 1.82) is 0 Å². The van der Waals surface area contributed by atoms with Gasteiger partial charge in [-0.2, -0.15) is 0 Å². The van der Waals surface area contributed by atoms with E-state index in [9.17, 15) is 9.59 Å². The lowest BCUT2D eigenvalue weighted by Gasteiger charge is -2.28. The number of carbonyl (C=O) groups is 2. The maximum atomic E-state index is 12.1. The first-order chi connectivity index (χ1) is 8.50. The lowest BCUT2D eigenvalue weighted by molar-refractivity contribution is -0.119. The van der Waals surface area contributed by atoms with E-state index >= 15 is 0 Å². The van der Waals surface area contributed by atoms with Crippen LogP contribution in [-0.4, -0.2) is 41.9 Å². The van der Waals surface area contributed by atoms with Crippen molar-refractivity contribution in [2.75, 3.05) is 19.4 Å². The summed E-state index contributed by atoms with van der Waals surface area (Å²) in [6.07, 6.45) is 0. The van der Waals surface area contributed by atoms with Gasteiger partial charge < -0.3 is 15.1 Å². The molecule has 5 heteroatoms. The Balaban J connectivity index is 2.38. The fourth-order valence-electron chi connectivity index (χ4n) is 1.97. The lowest BCUT2D eigenvalue weighted by atomic mass is 10.1. The van der Waals surface area contributed by atoms with E-state index in [1.54, 1.807) is 25.9 Å². The summed E-state index contributed by atoms with van der Waals surface area (Å²) in [6, 6.07) is 6.90. The molecule has 1 N–H and O–H groups in total. The SMILES string of the molecule is CC1C(=O)Nc2ccccc2CN1C(=O)N(C)C. The second kappa shape index (κ2) is 4.68. The Kier molecular flexibility index (Phi) is 3.23. The number of para-hydroxylation sites is 1. The van der Waals surface area contributed by atoms with Gasteiger partial charge in [-0.15, -0.1) is 0 Å². The van der Waals surface area contributed by atoms with Crippen LogP contribution in [0.5, 0.6) is 0 Å². The van der Waals surface area contributed by atoms with Crippen LogP contribution >= 0.6 is 0 Å². The van der Waals surface area contributed by atoms with Crippen LogP contribution in [0.3, 0.4) is 0 Å². The van der Waals surface area contributed by atoms with Crippen molar-refractivity contribution in [1.82, 2.24) is 9.80 Å². The number of benzene rings is 1. The number of rotatable bonds is 0. The van der Waals surface area contributed by atoms with E-state index in [2.05, 4.69) is 5.32 Å². The zero-order chi connectivity index (χ0) is 13.3. The molecule has 0 aromatic heterocycles. The Morgan fingerprint density at radius 2 is 2.06 bits per heavy atom. The van der Waals surface area contributed by atoms with Crippen LogP contribution in [0.15, 0.2) is 24.3 Å². The van der Waals surface area contributed by atoms with Crippen LogP contribution < -0.4 is 5.32 Å². The van der Waals surface area contributed by atoms with Crippen LogP contribution in [0.25, 0.3) is 0 Å². The van der Waals surface area contributed by atoms with Gasteiger partial charge in [-0.25, -0.2) is 4.79 Å². The Labute approximate surface area is 106 Å². The highest BCUT2D eigenvalue weighted by molar-refractivity contribution is 5.98. The number of amides is 3. The molecule has 2 rings (SSSR count). The van der Waals surface area contributed by atoms with Gasteiger partial charge in [0.15, 0.2) is 0 Å². The van der Waals surface area contributed by atoms with Crippen molar-refractivity contribution in [2.45, 2.75) is 19.5 Å². The summed E-state index contributed by atoms with van der Waals surface area (Å²) in [5, 5.41) is 2.84. The third kappa shape index (κ3) is 2.16. The van der Waals surface area contributed by atoms with E-state index in [-0.39, 0.29) is 11.9 Å². The number of carbonyl (C=O) groups excluding carboxylic acids is 2. The molecule has 18 heavy (non-hydrogen) atoms. The average Bonchev–Trinajstić information content (AvgIpc) is 2.47. The molecule has 0 saturated carbocycles. The normalized spacial score (nSPS) is 18.7. The third-order valence-corrected chi connectivity index (χ3v) is 3.09. The lowest BCUT2D eigenvalue weighted by Crippen LogP contribution is -2.47. The second-order valence-corrected chi connectivity index (χ2v) is 4.63. The zero-order valence-electron chi connectivity index (χ0n) is 10.8. The smallest absolute Gasteiger partial charge is 0.320 e. The Morgan fingerprint density at radius 1 is 1.39 bits per heavy atom. The minimum absolute atomic E-state index is 0.157. The standard InChI is InChI=1S/C13H17N3O2/c1-9-12(17)14-11-7-5-4-6-10(11)8-16(9)13(18)15(2)3/h4-7,9H,8H2,1-3H3,(H,14,17).